The molecule has 0 unspecified atom stereocenters. The summed E-state index contributed by atoms with van der Waals surface area (Å²) in [6.07, 6.45) is 0. The van der Waals surface area contributed by atoms with Crippen molar-refractivity contribution in [3.8, 4) is 0 Å². The Morgan fingerprint density at radius 1 is 1.43 bits per heavy atom. The molecule has 0 bridgehead atoms. The molecule has 74 valence electrons. The topological polar surface area (TPSA) is 92.4 Å². The Morgan fingerprint density at radius 2 is 2.07 bits per heavy atom. The van der Waals surface area contributed by atoms with Gasteiger partial charge in [-0.25, -0.2) is 14.0 Å². The average Bonchev–Trinajstić information content (AvgIpc) is 2.07. The van der Waals surface area contributed by atoms with Crippen LogP contribution in [0.4, 0.5) is 14.9 Å². The van der Waals surface area contributed by atoms with Gasteiger partial charge in [0.15, 0.2) is 0 Å². The van der Waals surface area contributed by atoms with Gasteiger partial charge in [0.1, 0.15) is 5.82 Å². The Kier molecular flexibility index (Phi) is 2.66. The van der Waals surface area contributed by atoms with Crippen LogP contribution in [0.5, 0.6) is 0 Å². The molecule has 0 aliphatic rings. The van der Waals surface area contributed by atoms with Crippen molar-refractivity contribution in [1.82, 2.24) is 0 Å². The van der Waals surface area contributed by atoms with Gasteiger partial charge in [0.25, 0.3) is 0 Å². The lowest BCUT2D eigenvalue weighted by atomic mass is 10.2. The number of hydrogen-bond acceptors (Lipinski definition) is 2. The molecule has 5 nitrogen and oxygen atoms in total. The number of rotatable bonds is 2. The molecule has 4 N–H and O–H groups in total. The molecule has 0 saturated heterocycles. The zero-order valence-electron chi connectivity index (χ0n) is 6.95. The highest BCUT2D eigenvalue weighted by molar-refractivity contribution is 5.92. The van der Waals surface area contributed by atoms with Crippen molar-refractivity contribution < 1.29 is 19.1 Å². The van der Waals surface area contributed by atoms with E-state index in [1.165, 1.54) is 0 Å². The summed E-state index contributed by atoms with van der Waals surface area (Å²) >= 11 is 0. The highest BCUT2D eigenvalue weighted by atomic mass is 19.1. The van der Waals surface area contributed by atoms with Crippen LogP contribution in [-0.2, 0) is 0 Å². The molecular formula is C8H7FN2O3. The van der Waals surface area contributed by atoms with Crippen molar-refractivity contribution in [2.24, 2.45) is 5.73 Å². The van der Waals surface area contributed by atoms with E-state index in [0.717, 1.165) is 18.2 Å². The van der Waals surface area contributed by atoms with Crippen LogP contribution in [0.3, 0.4) is 0 Å². The number of urea groups is 1. The number of nitrogens with two attached hydrogens (primary N) is 1. The highest BCUT2D eigenvalue weighted by Crippen LogP contribution is 2.15. The van der Waals surface area contributed by atoms with Crippen LogP contribution in [0.25, 0.3) is 0 Å². The van der Waals surface area contributed by atoms with Gasteiger partial charge in [-0.3, -0.25) is 0 Å². The third kappa shape index (κ3) is 2.19. The number of carbonyl (C=O) groups excluding carboxylic acids is 1. The fourth-order valence-electron chi connectivity index (χ4n) is 0.887. The number of nitrogens with one attached hydrogen (secondary N) is 1. The maximum Gasteiger partial charge on any atom is 0.335 e. The van der Waals surface area contributed by atoms with Gasteiger partial charge in [-0.2, -0.15) is 0 Å². The fraction of sp³-hybridized carbons (Fsp3) is 0. The number of aromatic carboxylic acids is 1. The zero-order valence-corrected chi connectivity index (χ0v) is 6.95. The van der Waals surface area contributed by atoms with E-state index in [2.05, 4.69) is 0 Å². The lowest BCUT2D eigenvalue weighted by molar-refractivity contribution is 0.0697. The monoisotopic (exact) mass is 198 g/mol. The summed E-state index contributed by atoms with van der Waals surface area (Å²) in [6.45, 7) is 0. The van der Waals surface area contributed by atoms with Gasteiger partial charge in [-0.05, 0) is 18.2 Å². The van der Waals surface area contributed by atoms with Gasteiger partial charge in [0, 0.05) is 0 Å². The first-order valence-electron chi connectivity index (χ1n) is 3.60. The molecule has 6 heteroatoms. The molecule has 0 aliphatic heterocycles. The molecule has 2 amide bonds. The molecule has 0 saturated carbocycles. The summed E-state index contributed by atoms with van der Waals surface area (Å²) in [4.78, 5) is 20.9. The number of halogens is 1. The number of primary amides is 1. The number of hydrogen-bond donors (Lipinski definition) is 3. The van der Waals surface area contributed by atoms with E-state index in [-0.39, 0.29) is 11.3 Å². The molecule has 1 aromatic rings. The first-order chi connectivity index (χ1) is 6.50. The van der Waals surface area contributed by atoms with Crippen LogP contribution >= 0.6 is 0 Å². The van der Waals surface area contributed by atoms with Gasteiger partial charge in [0.05, 0.1) is 11.3 Å². The Balaban J connectivity index is 3.08. The predicted molar refractivity (Wildman–Crippen MR) is 46.6 cm³/mol. The molecule has 0 atom stereocenters. The standard InChI is InChI=1S/C8H7FN2O3/c9-5-2-1-4(7(12)13)3-6(5)11-8(10)14/h1-3H,(H,12,13)(H3,10,11,14). The van der Waals surface area contributed by atoms with Gasteiger partial charge in [0.2, 0.25) is 0 Å². The van der Waals surface area contributed by atoms with Crippen LogP contribution in [0.1, 0.15) is 10.4 Å². The quantitative estimate of drug-likeness (QED) is 0.662. The Hall–Kier alpha value is -2.11. The number of carboxylic acid groups (broad SMARTS) is 1. The van der Waals surface area contributed by atoms with E-state index in [1.54, 1.807) is 0 Å². The zero-order chi connectivity index (χ0) is 10.7. The largest absolute Gasteiger partial charge is 0.478 e. The average molecular weight is 198 g/mol. The minimum absolute atomic E-state index is 0.129. The lowest BCUT2D eigenvalue weighted by Crippen LogP contribution is -2.20. The van der Waals surface area contributed by atoms with Crippen molar-refractivity contribution in [1.29, 1.82) is 0 Å². The van der Waals surface area contributed by atoms with Crippen molar-refractivity contribution in [3.05, 3.63) is 29.6 Å². The SMILES string of the molecule is NC(=O)Nc1cc(C(=O)O)ccc1F. The molecule has 0 fully saturated rings. The van der Waals surface area contributed by atoms with Crippen LogP contribution in [0, 0.1) is 5.82 Å². The number of benzene rings is 1. The molecule has 1 aromatic carbocycles. The number of amides is 2. The fourth-order valence-corrected chi connectivity index (χ4v) is 0.887. The number of anilines is 1. The normalized spacial score (nSPS) is 9.50. The van der Waals surface area contributed by atoms with Crippen LogP contribution in [0.2, 0.25) is 0 Å². The molecule has 0 aliphatic carbocycles. The smallest absolute Gasteiger partial charge is 0.335 e. The van der Waals surface area contributed by atoms with E-state index in [1.807, 2.05) is 5.32 Å². The first-order valence-corrected chi connectivity index (χ1v) is 3.60. The Labute approximate surface area is 78.3 Å². The summed E-state index contributed by atoms with van der Waals surface area (Å²) < 4.78 is 12.9. The van der Waals surface area contributed by atoms with E-state index in [9.17, 15) is 14.0 Å². The van der Waals surface area contributed by atoms with Crippen molar-refractivity contribution in [2.45, 2.75) is 0 Å². The second-order valence-electron chi connectivity index (χ2n) is 2.49. The minimum Gasteiger partial charge on any atom is -0.478 e. The summed E-state index contributed by atoms with van der Waals surface area (Å²) in [5, 5.41) is 10.5. The van der Waals surface area contributed by atoms with Gasteiger partial charge in [-0.15, -0.1) is 0 Å². The lowest BCUT2D eigenvalue weighted by Gasteiger charge is -2.03. The van der Waals surface area contributed by atoms with Gasteiger partial charge < -0.3 is 16.2 Å². The third-order valence-electron chi connectivity index (χ3n) is 1.47. The van der Waals surface area contributed by atoms with Crippen LogP contribution in [0.15, 0.2) is 18.2 Å². The van der Waals surface area contributed by atoms with Crippen molar-refractivity contribution in [2.75, 3.05) is 5.32 Å². The summed E-state index contributed by atoms with van der Waals surface area (Å²) in [5.41, 5.74) is 4.37. The molecule has 0 radical (unpaired) electrons. The highest BCUT2D eigenvalue weighted by Gasteiger charge is 2.09. The van der Waals surface area contributed by atoms with Crippen LogP contribution in [-0.4, -0.2) is 17.1 Å². The number of carboxylic acids is 1. The third-order valence-corrected chi connectivity index (χ3v) is 1.47. The van der Waals surface area contributed by atoms with Gasteiger partial charge >= 0.3 is 12.0 Å². The molecule has 1 rings (SSSR count). The predicted octanol–water partition coefficient (Wildman–Crippen LogP) is 1.01. The van der Waals surface area contributed by atoms with E-state index in [4.69, 9.17) is 10.8 Å². The summed E-state index contributed by atoms with van der Waals surface area (Å²) in [6, 6.07) is 2.06. The Morgan fingerprint density at radius 3 is 2.57 bits per heavy atom. The molecule has 0 heterocycles. The van der Waals surface area contributed by atoms with Crippen molar-refractivity contribution >= 4 is 17.7 Å². The van der Waals surface area contributed by atoms with Gasteiger partial charge in [-0.1, -0.05) is 0 Å². The summed E-state index contributed by atoms with van der Waals surface area (Å²) in [5.74, 6) is -1.95. The van der Waals surface area contributed by atoms with E-state index < -0.39 is 17.8 Å². The molecular weight excluding hydrogens is 191 g/mol. The molecule has 14 heavy (non-hydrogen) atoms. The Bertz CT molecular complexity index is 392. The van der Waals surface area contributed by atoms with Crippen molar-refractivity contribution in [3.63, 3.8) is 0 Å². The second kappa shape index (κ2) is 3.73. The first kappa shape index (κ1) is 9.97. The van der Waals surface area contributed by atoms with E-state index >= 15 is 0 Å². The second-order valence-corrected chi connectivity index (χ2v) is 2.49. The number of carbonyl (C=O) groups is 2. The summed E-state index contributed by atoms with van der Waals surface area (Å²) in [7, 11) is 0. The maximum atomic E-state index is 12.9. The van der Waals surface area contributed by atoms with Crippen LogP contribution < -0.4 is 11.1 Å². The molecule has 0 spiro atoms. The maximum absolute atomic E-state index is 12.9. The van der Waals surface area contributed by atoms with E-state index in [0.29, 0.717) is 0 Å². The minimum atomic E-state index is -1.21. The molecule has 0 aromatic heterocycles.